The average molecular weight is 305 g/mol. The predicted molar refractivity (Wildman–Crippen MR) is 91.1 cm³/mol. The van der Waals surface area contributed by atoms with Crippen molar-refractivity contribution in [2.45, 2.75) is 25.5 Å². The van der Waals surface area contributed by atoms with Crippen LogP contribution in [0.4, 0.5) is 5.69 Å². The van der Waals surface area contributed by atoms with E-state index in [1.54, 1.807) is 0 Å². The summed E-state index contributed by atoms with van der Waals surface area (Å²) in [7, 11) is 0. The third kappa shape index (κ3) is 3.21. The molecule has 0 bridgehead atoms. The summed E-state index contributed by atoms with van der Waals surface area (Å²) < 4.78 is 7.94. The summed E-state index contributed by atoms with van der Waals surface area (Å²) >= 11 is 0. The van der Waals surface area contributed by atoms with Crippen molar-refractivity contribution in [1.29, 1.82) is 0 Å². The number of hydrogen-bond acceptors (Lipinski definition) is 3. The molecule has 1 saturated carbocycles. The minimum absolute atomic E-state index is 0.533. The van der Waals surface area contributed by atoms with E-state index in [-0.39, 0.29) is 0 Å². The molecule has 1 aromatic heterocycles. The van der Waals surface area contributed by atoms with Crippen LogP contribution in [0.1, 0.15) is 24.4 Å². The topological polar surface area (TPSA) is 53.1 Å². The van der Waals surface area contributed by atoms with E-state index in [0.29, 0.717) is 18.3 Å². The second-order valence-electron chi connectivity index (χ2n) is 6.01. The number of rotatable bonds is 5. The minimum Gasteiger partial charge on any atom is -0.489 e. The number of ether oxygens (including phenoxy) is 1. The van der Waals surface area contributed by atoms with E-state index in [1.807, 2.05) is 59.4 Å². The van der Waals surface area contributed by atoms with Crippen molar-refractivity contribution in [2.75, 3.05) is 5.73 Å². The highest BCUT2D eigenvalue weighted by atomic mass is 16.5. The van der Waals surface area contributed by atoms with Gasteiger partial charge in [0.05, 0.1) is 12.2 Å². The van der Waals surface area contributed by atoms with Crippen LogP contribution in [0.15, 0.2) is 60.9 Å². The lowest BCUT2D eigenvalue weighted by Gasteiger charge is -2.09. The standard InChI is InChI=1S/C19H19N3O/c20-17-8-15(16-11-21-22(12-16)18-6-7-18)9-19(10-17)23-13-14-4-2-1-3-5-14/h1-5,8-12,18H,6-7,13,20H2. The average Bonchev–Trinajstić information content (AvgIpc) is 3.30. The van der Waals surface area contributed by atoms with Gasteiger partial charge in [-0.05, 0) is 36.1 Å². The Kier molecular flexibility index (Phi) is 3.50. The number of nitrogen functional groups attached to an aromatic ring is 1. The van der Waals surface area contributed by atoms with E-state index < -0.39 is 0 Å². The molecular weight excluding hydrogens is 286 g/mol. The van der Waals surface area contributed by atoms with Gasteiger partial charge in [0.2, 0.25) is 0 Å². The maximum atomic E-state index is 6.04. The number of hydrogen-bond donors (Lipinski definition) is 1. The molecular formula is C19H19N3O. The molecule has 0 amide bonds. The van der Waals surface area contributed by atoms with E-state index in [4.69, 9.17) is 10.5 Å². The first kappa shape index (κ1) is 13.9. The summed E-state index contributed by atoms with van der Waals surface area (Å²) in [6.45, 7) is 0.533. The molecule has 4 heteroatoms. The Morgan fingerprint density at radius 3 is 2.70 bits per heavy atom. The maximum Gasteiger partial charge on any atom is 0.122 e. The molecule has 1 aliphatic carbocycles. The molecule has 0 unspecified atom stereocenters. The first-order valence-corrected chi connectivity index (χ1v) is 7.90. The molecule has 0 spiro atoms. The van der Waals surface area contributed by atoms with Crippen molar-refractivity contribution in [1.82, 2.24) is 9.78 Å². The normalized spacial score (nSPS) is 13.9. The summed E-state index contributed by atoms with van der Waals surface area (Å²) in [5, 5.41) is 4.44. The molecule has 0 radical (unpaired) electrons. The fraction of sp³-hybridized carbons (Fsp3) is 0.211. The molecule has 4 nitrogen and oxygen atoms in total. The molecule has 1 heterocycles. The van der Waals surface area contributed by atoms with Crippen LogP contribution in [0.5, 0.6) is 5.75 Å². The zero-order valence-electron chi connectivity index (χ0n) is 12.9. The number of nitrogens with zero attached hydrogens (tertiary/aromatic N) is 2. The first-order valence-electron chi connectivity index (χ1n) is 7.90. The Balaban J connectivity index is 1.54. The highest BCUT2D eigenvalue weighted by molar-refractivity contribution is 5.68. The molecule has 2 aromatic carbocycles. The van der Waals surface area contributed by atoms with Gasteiger partial charge < -0.3 is 10.5 Å². The molecule has 1 aliphatic rings. The van der Waals surface area contributed by atoms with Crippen LogP contribution in [0.3, 0.4) is 0 Å². The largest absolute Gasteiger partial charge is 0.489 e. The van der Waals surface area contributed by atoms with Crippen LogP contribution in [0.2, 0.25) is 0 Å². The quantitative estimate of drug-likeness (QED) is 0.724. The smallest absolute Gasteiger partial charge is 0.122 e. The monoisotopic (exact) mass is 305 g/mol. The molecule has 0 atom stereocenters. The van der Waals surface area contributed by atoms with E-state index in [1.165, 1.54) is 12.8 Å². The Bertz CT molecular complexity index is 806. The van der Waals surface area contributed by atoms with Crippen LogP contribution < -0.4 is 10.5 Å². The Morgan fingerprint density at radius 2 is 1.91 bits per heavy atom. The molecule has 1 fully saturated rings. The highest BCUT2D eigenvalue weighted by Gasteiger charge is 2.24. The summed E-state index contributed by atoms with van der Waals surface area (Å²) in [6.07, 6.45) is 6.44. The van der Waals surface area contributed by atoms with Crippen molar-refractivity contribution in [2.24, 2.45) is 0 Å². The van der Waals surface area contributed by atoms with Gasteiger partial charge in [-0.15, -0.1) is 0 Å². The van der Waals surface area contributed by atoms with Crippen LogP contribution in [-0.2, 0) is 6.61 Å². The van der Waals surface area contributed by atoms with Crippen LogP contribution in [0.25, 0.3) is 11.1 Å². The first-order chi connectivity index (χ1) is 11.3. The van der Waals surface area contributed by atoms with Crippen LogP contribution in [-0.4, -0.2) is 9.78 Å². The van der Waals surface area contributed by atoms with Gasteiger partial charge in [-0.1, -0.05) is 30.3 Å². The van der Waals surface area contributed by atoms with E-state index >= 15 is 0 Å². The SMILES string of the molecule is Nc1cc(OCc2ccccc2)cc(-c2cnn(C3CC3)c2)c1. The lowest BCUT2D eigenvalue weighted by atomic mass is 10.1. The lowest BCUT2D eigenvalue weighted by Crippen LogP contribution is -1.96. The Labute approximate surface area is 135 Å². The summed E-state index contributed by atoms with van der Waals surface area (Å²) in [5.74, 6) is 0.781. The molecule has 3 aromatic rings. The molecule has 0 aliphatic heterocycles. The van der Waals surface area contributed by atoms with Crippen molar-refractivity contribution >= 4 is 5.69 Å². The molecule has 4 rings (SSSR count). The van der Waals surface area contributed by atoms with E-state index in [0.717, 1.165) is 22.4 Å². The number of nitrogens with two attached hydrogens (primary N) is 1. The molecule has 116 valence electrons. The van der Waals surface area contributed by atoms with Crippen LogP contribution >= 0.6 is 0 Å². The van der Waals surface area contributed by atoms with Crippen molar-refractivity contribution < 1.29 is 4.74 Å². The highest BCUT2D eigenvalue weighted by Crippen LogP contribution is 2.36. The molecule has 0 saturated heterocycles. The minimum atomic E-state index is 0.533. The Morgan fingerprint density at radius 1 is 1.09 bits per heavy atom. The van der Waals surface area contributed by atoms with Gasteiger partial charge in [-0.2, -0.15) is 5.10 Å². The zero-order chi connectivity index (χ0) is 15.6. The zero-order valence-corrected chi connectivity index (χ0v) is 12.9. The maximum absolute atomic E-state index is 6.04. The van der Waals surface area contributed by atoms with Gasteiger partial charge >= 0.3 is 0 Å². The van der Waals surface area contributed by atoms with Gasteiger partial charge in [0.15, 0.2) is 0 Å². The van der Waals surface area contributed by atoms with Crippen LogP contribution in [0, 0.1) is 0 Å². The van der Waals surface area contributed by atoms with E-state index in [9.17, 15) is 0 Å². The number of aromatic nitrogens is 2. The van der Waals surface area contributed by atoms with E-state index in [2.05, 4.69) is 11.3 Å². The third-order valence-electron chi connectivity index (χ3n) is 4.03. The predicted octanol–water partition coefficient (Wildman–Crippen LogP) is 4.05. The van der Waals surface area contributed by atoms with Gasteiger partial charge in [-0.25, -0.2) is 0 Å². The fourth-order valence-electron chi connectivity index (χ4n) is 2.64. The van der Waals surface area contributed by atoms with Gasteiger partial charge in [-0.3, -0.25) is 4.68 Å². The van der Waals surface area contributed by atoms with Crippen molar-refractivity contribution in [3.05, 3.63) is 66.5 Å². The van der Waals surface area contributed by atoms with Crippen molar-refractivity contribution in [3.63, 3.8) is 0 Å². The summed E-state index contributed by atoms with van der Waals surface area (Å²) in [5.41, 5.74) is 9.99. The Hall–Kier alpha value is -2.75. The molecule has 2 N–H and O–H groups in total. The number of anilines is 1. The fourth-order valence-corrected chi connectivity index (χ4v) is 2.64. The van der Waals surface area contributed by atoms with Gasteiger partial charge in [0.1, 0.15) is 12.4 Å². The number of benzene rings is 2. The molecule has 23 heavy (non-hydrogen) atoms. The van der Waals surface area contributed by atoms with Crippen molar-refractivity contribution in [3.8, 4) is 16.9 Å². The van der Waals surface area contributed by atoms with Gasteiger partial charge in [0.25, 0.3) is 0 Å². The lowest BCUT2D eigenvalue weighted by molar-refractivity contribution is 0.306. The van der Waals surface area contributed by atoms with Gasteiger partial charge in [0, 0.05) is 23.5 Å². The summed E-state index contributed by atoms with van der Waals surface area (Å²) in [6, 6.07) is 16.5. The third-order valence-corrected chi connectivity index (χ3v) is 4.03. The second kappa shape index (κ2) is 5.80. The second-order valence-corrected chi connectivity index (χ2v) is 6.01. The summed E-state index contributed by atoms with van der Waals surface area (Å²) in [4.78, 5) is 0.